The minimum Gasteiger partial charge on any atom is -0.377 e. The van der Waals surface area contributed by atoms with Crippen LogP contribution in [0, 0.1) is 5.82 Å². The summed E-state index contributed by atoms with van der Waals surface area (Å²) in [7, 11) is 0. The van der Waals surface area contributed by atoms with E-state index in [1.807, 2.05) is 24.3 Å². The lowest BCUT2D eigenvalue weighted by Crippen LogP contribution is -2.20. The van der Waals surface area contributed by atoms with Crippen LogP contribution in [0.25, 0.3) is 0 Å². The normalized spacial score (nSPS) is 12.2. The zero-order valence-electron chi connectivity index (χ0n) is 10.0. The van der Waals surface area contributed by atoms with E-state index in [1.165, 1.54) is 6.07 Å². The first-order valence-corrected chi connectivity index (χ1v) is 6.94. The molecular formula is C14H13BrClFN2. The molecule has 0 radical (unpaired) electrons. The van der Waals surface area contributed by atoms with E-state index in [-0.39, 0.29) is 11.1 Å². The molecule has 0 heterocycles. The van der Waals surface area contributed by atoms with Crippen molar-refractivity contribution in [2.45, 2.75) is 6.04 Å². The summed E-state index contributed by atoms with van der Waals surface area (Å²) < 4.78 is 14.1. The van der Waals surface area contributed by atoms with E-state index in [0.717, 1.165) is 15.7 Å². The van der Waals surface area contributed by atoms with E-state index in [2.05, 4.69) is 21.2 Å². The van der Waals surface area contributed by atoms with Gasteiger partial charge in [-0.1, -0.05) is 39.7 Å². The summed E-state index contributed by atoms with van der Waals surface area (Å²) in [6.07, 6.45) is 0. The summed E-state index contributed by atoms with van der Waals surface area (Å²) in [6, 6.07) is 12.3. The van der Waals surface area contributed by atoms with Gasteiger partial charge in [-0.2, -0.15) is 0 Å². The Morgan fingerprint density at radius 3 is 2.68 bits per heavy atom. The lowest BCUT2D eigenvalue weighted by atomic mass is 10.1. The average molecular weight is 344 g/mol. The summed E-state index contributed by atoms with van der Waals surface area (Å²) in [4.78, 5) is 0. The van der Waals surface area contributed by atoms with E-state index >= 15 is 0 Å². The van der Waals surface area contributed by atoms with Gasteiger partial charge in [-0.15, -0.1) is 0 Å². The molecule has 0 spiro atoms. The minimum absolute atomic E-state index is 0.104. The zero-order valence-corrected chi connectivity index (χ0v) is 12.4. The van der Waals surface area contributed by atoms with Gasteiger partial charge in [0, 0.05) is 16.7 Å². The van der Waals surface area contributed by atoms with Crippen molar-refractivity contribution in [3.63, 3.8) is 0 Å². The first-order chi connectivity index (χ1) is 9.10. The van der Waals surface area contributed by atoms with E-state index in [9.17, 15) is 4.39 Å². The van der Waals surface area contributed by atoms with Crippen molar-refractivity contribution in [3.05, 3.63) is 63.3 Å². The fraction of sp³-hybridized carbons (Fsp3) is 0.143. The van der Waals surface area contributed by atoms with Crippen LogP contribution >= 0.6 is 27.5 Å². The highest BCUT2D eigenvalue weighted by atomic mass is 79.9. The van der Waals surface area contributed by atoms with Crippen LogP contribution in [0.3, 0.4) is 0 Å². The standard InChI is InChI=1S/C14H13BrClFN2/c15-10-2-1-3-11(7-10)19-14(8-18)9-4-5-13(17)12(16)6-9/h1-7,14,19H,8,18H2. The summed E-state index contributed by atoms with van der Waals surface area (Å²) in [5, 5.41) is 3.40. The smallest absolute Gasteiger partial charge is 0.141 e. The van der Waals surface area contributed by atoms with Crippen LogP contribution in [0.15, 0.2) is 46.9 Å². The third-order valence-corrected chi connectivity index (χ3v) is 3.53. The number of rotatable bonds is 4. The Kier molecular flexibility index (Phi) is 4.80. The second kappa shape index (κ2) is 6.37. The number of nitrogens with two attached hydrogens (primary N) is 1. The van der Waals surface area contributed by atoms with Crippen molar-refractivity contribution in [1.82, 2.24) is 0 Å². The third kappa shape index (κ3) is 3.69. The molecule has 2 aromatic carbocycles. The molecule has 5 heteroatoms. The van der Waals surface area contributed by atoms with E-state index in [4.69, 9.17) is 17.3 Å². The second-order valence-corrected chi connectivity index (χ2v) is 5.44. The highest BCUT2D eigenvalue weighted by Crippen LogP contribution is 2.24. The molecule has 0 saturated carbocycles. The van der Waals surface area contributed by atoms with Crippen LogP contribution in [-0.2, 0) is 0 Å². The van der Waals surface area contributed by atoms with Crippen molar-refractivity contribution in [3.8, 4) is 0 Å². The van der Waals surface area contributed by atoms with Gasteiger partial charge >= 0.3 is 0 Å². The van der Waals surface area contributed by atoms with Gasteiger partial charge in [0.15, 0.2) is 0 Å². The molecule has 0 aliphatic carbocycles. The van der Waals surface area contributed by atoms with Crippen molar-refractivity contribution in [1.29, 1.82) is 0 Å². The molecule has 1 atom stereocenters. The topological polar surface area (TPSA) is 38.0 Å². The van der Waals surface area contributed by atoms with Crippen LogP contribution in [0.2, 0.25) is 5.02 Å². The Labute approximate surface area is 124 Å². The molecule has 2 rings (SSSR count). The number of halogens is 3. The molecule has 0 aliphatic rings. The molecule has 0 saturated heterocycles. The number of anilines is 1. The molecule has 0 fully saturated rings. The van der Waals surface area contributed by atoms with Gasteiger partial charge < -0.3 is 11.1 Å². The molecule has 0 amide bonds. The van der Waals surface area contributed by atoms with Crippen molar-refractivity contribution < 1.29 is 4.39 Å². The van der Waals surface area contributed by atoms with E-state index in [0.29, 0.717) is 6.54 Å². The SMILES string of the molecule is NCC(Nc1cccc(Br)c1)c1ccc(F)c(Cl)c1. The summed E-state index contributed by atoms with van der Waals surface area (Å²) in [5.41, 5.74) is 7.56. The van der Waals surface area contributed by atoms with Gasteiger partial charge in [-0.3, -0.25) is 0 Å². The fourth-order valence-electron chi connectivity index (χ4n) is 1.79. The molecule has 3 N–H and O–H groups in total. The van der Waals surface area contributed by atoms with Gasteiger partial charge in [-0.05, 0) is 35.9 Å². The quantitative estimate of drug-likeness (QED) is 0.866. The first kappa shape index (κ1) is 14.3. The first-order valence-electron chi connectivity index (χ1n) is 5.77. The predicted molar refractivity (Wildman–Crippen MR) is 81.0 cm³/mol. The number of hydrogen-bond acceptors (Lipinski definition) is 2. The monoisotopic (exact) mass is 342 g/mol. The Hall–Kier alpha value is -1.10. The Morgan fingerprint density at radius 2 is 2.05 bits per heavy atom. The Morgan fingerprint density at radius 1 is 1.26 bits per heavy atom. The van der Waals surface area contributed by atoms with Gasteiger partial charge in [0.05, 0.1) is 11.1 Å². The molecular weight excluding hydrogens is 331 g/mol. The second-order valence-electron chi connectivity index (χ2n) is 4.12. The summed E-state index contributed by atoms with van der Waals surface area (Å²) >= 11 is 9.20. The molecule has 0 bridgehead atoms. The number of nitrogens with one attached hydrogen (secondary N) is 1. The Balaban J connectivity index is 2.22. The molecule has 0 aromatic heterocycles. The number of hydrogen-bond donors (Lipinski definition) is 2. The van der Waals surface area contributed by atoms with Gasteiger partial charge in [0.25, 0.3) is 0 Å². The lowest BCUT2D eigenvalue weighted by Gasteiger charge is -2.19. The minimum atomic E-state index is -0.427. The van der Waals surface area contributed by atoms with E-state index in [1.54, 1.807) is 12.1 Å². The lowest BCUT2D eigenvalue weighted by molar-refractivity contribution is 0.626. The Bertz CT molecular complexity index is 577. The average Bonchev–Trinajstić information content (AvgIpc) is 2.39. The summed E-state index contributed by atoms with van der Waals surface area (Å²) in [6.45, 7) is 0.383. The van der Waals surface area contributed by atoms with Crippen LogP contribution < -0.4 is 11.1 Å². The molecule has 0 aliphatic heterocycles. The van der Waals surface area contributed by atoms with Crippen molar-refractivity contribution in [2.24, 2.45) is 5.73 Å². The van der Waals surface area contributed by atoms with Crippen LogP contribution in [0.4, 0.5) is 10.1 Å². The summed E-state index contributed by atoms with van der Waals surface area (Å²) in [5.74, 6) is -0.427. The molecule has 100 valence electrons. The maximum absolute atomic E-state index is 13.2. The predicted octanol–water partition coefficient (Wildman–Crippen LogP) is 4.35. The van der Waals surface area contributed by atoms with E-state index < -0.39 is 5.82 Å². The maximum Gasteiger partial charge on any atom is 0.141 e. The molecule has 19 heavy (non-hydrogen) atoms. The molecule has 2 nitrogen and oxygen atoms in total. The third-order valence-electron chi connectivity index (χ3n) is 2.75. The van der Waals surface area contributed by atoms with Gasteiger partial charge in [-0.25, -0.2) is 4.39 Å². The van der Waals surface area contributed by atoms with Crippen molar-refractivity contribution >= 4 is 33.2 Å². The molecule has 1 unspecified atom stereocenters. The van der Waals surface area contributed by atoms with Gasteiger partial charge in [0.2, 0.25) is 0 Å². The van der Waals surface area contributed by atoms with Crippen LogP contribution in [0.5, 0.6) is 0 Å². The maximum atomic E-state index is 13.2. The highest BCUT2D eigenvalue weighted by molar-refractivity contribution is 9.10. The number of benzene rings is 2. The van der Waals surface area contributed by atoms with Crippen LogP contribution in [0.1, 0.15) is 11.6 Å². The zero-order chi connectivity index (χ0) is 13.8. The highest BCUT2D eigenvalue weighted by Gasteiger charge is 2.11. The largest absolute Gasteiger partial charge is 0.377 e. The fourth-order valence-corrected chi connectivity index (χ4v) is 2.38. The van der Waals surface area contributed by atoms with Crippen molar-refractivity contribution in [2.75, 3.05) is 11.9 Å². The van der Waals surface area contributed by atoms with Crippen LogP contribution in [-0.4, -0.2) is 6.54 Å². The van der Waals surface area contributed by atoms with Gasteiger partial charge in [0.1, 0.15) is 5.82 Å². The molecule has 2 aromatic rings.